The molecule has 0 fully saturated rings. The smallest absolute Gasteiger partial charge is 0.267 e. The first-order valence-corrected chi connectivity index (χ1v) is 6.73. The summed E-state index contributed by atoms with van der Waals surface area (Å²) in [5.41, 5.74) is 1.02. The van der Waals surface area contributed by atoms with Gasteiger partial charge < -0.3 is 0 Å². The number of thiazole rings is 1. The molecule has 2 rings (SSSR count). The number of carbonyl (C=O) groups is 1. The predicted molar refractivity (Wildman–Crippen MR) is 68.5 cm³/mol. The maximum Gasteiger partial charge on any atom is 0.267 e. The number of hydrogen-bond acceptors (Lipinski definition) is 4. The standard InChI is InChI=1S/C11H12N2OS2/c1-7(2)8-6-16-11(12-8)13-10(14)9-4-3-5-15-9/h3-7H,1-2H3,(H,12,13,14). The number of anilines is 1. The van der Waals surface area contributed by atoms with E-state index >= 15 is 0 Å². The molecule has 5 heteroatoms. The van der Waals surface area contributed by atoms with Crippen molar-refractivity contribution in [3.05, 3.63) is 33.5 Å². The molecule has 0 saturated carbocycles. The molecule has 2 aromatic rings. The Morgan fingerprint density at radius 2 is 2.25 bits per heavy atom. The molecule has 0 unspecified atom stereocenters. The first-order chi connectivity index (χ1) is 7.66. The Balaban J connectivity index is 2.07. The van der Waals surface area contributed by atoms with E-state index in [1.54, 1.807) is 6.07 Å². The topological polar surface area (TPSA) is 42.0 Å². The number of rotatable bonds is 3. The average molecular weight is 252 g/mol. The van der Waals surface area contributed by atoms with Crippen molar-refractivity contribution >= 4 is 33.7 Å². The number of nitrogens with one attached hydrogen (secondary N) is 1. The second-order valence-corrected chi connectivity index (χ2v) is 5.47. The molecule has 1 amide bonds. The molecule has 0 atom stereocenters. The second-order valence-electron chi connectivity index (χ2n) is 3.66. The minimum absolute atomic E-state index is 0.0837. The molecule has 16 heavy (non-hydrogen) atoms. The summed E-state index contributed by atoms with van der Waals surface area (Å²) in [4.78, 5) is 16.8. The van der Waals surface area contributed by atoms with E-state index in [2.05, 4.69) is 24.1 Å². The molecule has 0 bridgehead atoms. The first kappa shape index (κ1) is 11.3. The predicted octanol–water partition coefficient (Wildman–Crippen LogP) is 3.58. The van der Waals surface area contributed by atoms with Gasteiger partial charge in [0.2, 0.25) is 0 Å². The van der Waals surface area contributed by atoms with Crippen LogP contribution in [0.15, 0.2) is 22.9 Å². The van der Waals surface area contributed by atoms with Gasteiger partial charge in [0.1, 0.15) is 0 Å². The van der Waals surface area contributed by atoms with Gasteiger partial charge in [-0.05, 0) is 17.4 Å². The van der Waals surface area contributed by atoms with Gasteiger partial charge in [-0.2, -0.15) is 0 Å². The molecule has 0 aliphatic carbocycles. The summed E-state index contributed by atoms with van der Waals surface area (Å²) in [6.45, 7) is 4.17. The fraction of sp³-hybridized carbons (Fsp3) is 0.273. The quantitative estimate of drug-likeness (QED) is 0.907. The fourth-order valence-corrected chi connectivity index (χ4v) is 2.66. The Morgan fingerprint density at radius 3 is 2.81 bits per heavy atom. The van der Waals surface area contributed by atoms with Crippen molar-refractivity contribution in [1.82, 2.24) is 4.98 Å². The van der Waals surface area contributed by atoms with Crippen molar-refractivity contribution in [3.8, 4) is 0 Å². The molecule has 3 nitrogen and oxygen atoms in total. The van der Waals surface area contributed by atoms with Crippen molar-refractivity contribution in [2.75, 3.05) is 5.32 Å². The Morgan fingerprint density at radius 1 is 1.44 bits per heavy atom. The van der Waals surface area contributed by atoms with Crippen LogP contribution in [0, 0.1) is 0 Å². The lowest BCUT2D eigenvalue weighted by molar-refractivity contribution is 0.103. The summed E-state index contributed by atoms with van der Waals surface area (Å²) in [7, 11) is 0. The molecule has 2 heterocycles. The molecule has 2 aromatic heterocycles. The first-order valence-electron chi connectivity index (χ1n) is 4.97. The van der Waals surface area contributed by atoms with Gasteiger partial charge in [-0.15, -0.1) is 22.7 Å². The summed E-state index contributed by atoms with van der Waals surface area (Å²) in [5.74, 6) is 0.309. The van der Waals surface area contributed by atoms with Gasteiger partial charge in [0.05, 0.1) is 10.6 Å². The molecule has 1 N–H and O–H groups in total. The van der Waals surface area contributed by atoms with Crippen molar-refractivity contribution in [2.24, 2.45) is 0 Å². The summed E-state index contributed by atoms with van der Waals surface area (Å²) in [6.07, 6.45) is 0. The van der Waals surface area contributed by atoms with Gasteiger partial charge in [0.15, 0.2) is 5.13 Å². The van der Waals surface area contributed by atoms with E-state index in [9.17, 15) is 4.79 Å². The number of thiophene rings is 1. The van der Waals surface area contributed by atoms with Gasteiger partial charge in [-0.3, -0.25) is 10.1 Å². The molecular weight excluding hydrogens is 240 g/mol. The lowest BCUT2D eigenvalue weighted by Crippen LogP contribution is -2.09. The van der Waals surface area contributed by atoms with Crippen LogP contribution in [0.3, 0.4) is 0 Å². The van der Waals surface area contributed by atoms with Crippen LogP contribution >= 0.6 is 22.7 Å². The van der Waals surface area contributed by atoms with E-state index in [4.69, 9.17) is 0 Å². The van der Waals surface area contributed by atoms with Crippen molar-refractivity contribution < 1.29 is 4.79 Å². The Hall–Kier alpha value is -1.20. The monoisotopic (exact) mass is 252 g/mol. The van der Waals surface area contributed by atoms with Crippen LogP contribution in [0.4, 0.5) is 5.13 Å². The maximum absolute atomic E-state index is 11.7. The van der Waals surface area contributed by atoms with Crippen LogP contribution in [0.2, 0.25) is 0 Å². The average Bonchev–Trinajstić information content (AvgIpc) is 2.87. The zero-order valence-electron chi connectivity index (χ0n) is 9.06. The van der Waals surface area contributed by atoms with Crippen LogP contribution in [0.25, 0.3) is 0 Å². The Labute approximate surface area is 102 Å². The second kappa shape index (κ2) is 4.76. The molecule has 84 valence electrons. The fourth-order valence-electron chi connectivity index (χ4n) is 1.18. The zero-order chi connectivity index (χ0) is 11.5. The third kappa shape index (κ3) is 2.48. The zero-order valence-corrected chi connectivity index (χ0v) is 10.7. The highest BCUT2D eigenvalue weighted by Gasteiger charge is 2.10. The number of aromatic nitrogens is 1. The number of amides is 1. The summed E-state index contributed by atoms with van der Waals surface area (Å²) in [5, 5.41) is 7.33. The number of nitrogens with zero attached hydrogens (tertiary/aromatic N) is 1. The normalized spacial score (nSPS) is 10.7. The highest BCUT2D eigenvalue weighted by Crippen LogP contribution is 2.22. The molecule has 0 aliphatic heterocycles. The summed E-state index contributed by atoms with van der Waals surface area (Å²) >= 11 is 2.89. The van der Waals surface area contributed by atoms with Gasteiger partial charge in [-0.1, -0.05) is 19.9 Å². The molecule has 0 saturated heterocycles. The van der Waals surface area contributed by atoms with Crippen molar-refractivity contribution in [1.29, 1.82) is 0 Å². The molecule has 0 aromatic carbocycles. The lowest BCUT2D eigenvalue weighted by atomic mass is 10.2. The molecule has 0 spiro atoms. The van der Waals surface area contributed by atoms with E-state index in [1.807, 2.05) is 16.8 Å². The molecule has 0 aliphatic rings. The van der Waals surface area contributed by atoms with Crippen LogP contribution in [-0.2, 0) is 0 Å². The van der Waals surface area contributed by atoms with Crippen LogP contribution < -0.4 is 5.32 Å². The largest absolute Gasteiger partial charge is 0.297 e. The van der Waals surface area contributed by atoms with Crippen LogP contribution in [-0.4, -0.2) is 10.9 Å². The lowest BCUT2D eigenvalue weighted by Gasteiger charge is -1.99. The highest BCUT2D eigenvalue weighted by molar-refractivity contribution is 7.14. The molecule has 0 radical (unpaired) electrons. The summed E-state index contributed by atoms with van der Waals surface area (Å²) < 4.78 is 0. The van der Waals surface area contributed by atoms with Crippen molar-refractivity contribution in [3.63, 3.8) is 0 Å². The highest BCUT2D eigenvalue weighted by atomic mass is 32.1. The van der Waals surface area contributed by atoms with Crippen molar-refractivity contribution in [2.45, 2.75) is 19.8 Å². The van der Waals surface area contributed by atoms with Gasteiger partial charge in [-0.25, -0.2) is 4.98 Å². The third-order valence-corrected chi connectivity index (χ3v) is 3.72. The van der Waals surface area contributed by atoms with Gasteiger partial charge in [0, 0.05) is 5.38 Å². The van der Waals surface area contributed by atoms with E-state index in [1.165, 1.54) is 22.7 Å². The minimum Gasteiger partial charge on any atom is -0.297 e. The van der Waals surface area contributed by atoms with E-state index in [0.717, 1.165) is 5.69 Å². The summed E-state index contributed by atoms with van der Waals surface area (Å²) in [6, 6.07) is 3.66. The van der Waals surface area contributed by atoms with Gasteiger partial charge in [0.25, 0.3) is 5.91 Å². The van der Waals surface area contributed by atoms with E-state index in [0.29, 0.717) is 15.9 Å². The van der Waals surface area contributed by atoms with E-state index < -0.39 is 0 Å². The third-order valence-electron chi connectivity index (χ3n) is 2.08. The maximum atomic E-state index is 11.7. The van der Waals surface area contributed by atoms with E-state index in [-0.39, 0.29) is 5.91 Å². The van der Waals surface area contributed by atoms with Gasteiger partial charge >= 0.3 is 0 Å². The Kier molecular flexibility index (Phi) is 3.36. The molecular formula is C11H12N2OS2. The SMILES string of the molecule is CC(C)c1csc(NC(=O)c2cccs2)n1. The Bertz CT molecular complexity index is 474. The number of hydrogen-bond donors (Lipinski definition) is 1. The number of carbonyl (C=O) groups excluding carboxylic acids is 1. The van der Waals surface area contributed by atoms with Crippen LogP contribution in [0.1, 0.15) is 35.1 Å². The van der Waals surface area contributed by atoms with Crippen LogP contribution in [0.5, 0.6) is 0 Å². The minimum atomic E-state index is -0.0837.